The highest BCUT2D eigenvalue weighted by atomic mass is 31.2. The molecule has 1 fully saturated rings. The average Bonchev–Trinajstić information content (AvgIpc) is 3.29. The number of allylic oxidation sites excluding steroid dienone is 10. The summed E-state index contributed by atoms with van der Waals surface area (Å²) in [6.07, 6.45) is 37.1. The van der Waals surface area contributed by atoms with Crippen LogP contribution in [0, 0.1) is 0 Å². The van der Waals surface area contributed by atoms with Crippen molar-refractivity contribution in [2.24, 2.45) is 0 Å². The maximum Gasteiger partial charge on any atom is 0.472 e. The van der Waals surface area contributed by atoms with Gasteiger partial charge >= 0.3 is 19.8 Å². The molecule has 6 unspecified atom stereocenters. The molecule has 1 aliphatic rings. The molecular weight excluding hydrogens is 852 g/mol. The SMILES string of the molecule is CCCC/C=C/CCCCCCCCCCCC(=O)OC[C@H](COP(=O)(O)OC1C(O)C(O)C(O)[C@@H](O)C1O)OC(=O)CCC/C=C/C/C=C/C/C=C/C/C=C/CCCCCCCCC. The lowest BCUT2D eigenvalue weighted by molar-refractivity contribution is -0.220. The molecule has 0 aromatic heterocycles. The number of aliphatic hydroxyl groups excluding tert-OH is 5. The van der Waals surface area contributed by atoms with Crippen molar-refractivity contribution in [2.75, 3.05) is 13.2 Å². The summed E-state index contributed by atoms with van der Waals surface area (Å²) < 4.78 is 33.5. The molecule has 6 N–H and O–H groups in total. The zero-order valence-electron chi connectivity index (χ0n) is 40.0. The van der Waals surface area contributed by atoms with Crippen molar-refractivity contribution >= 4 is 19.8 Å². The third-order valence-electron chi connectivity index (χ3n) is 11.3. The van der Waals surface area contributed by atoms with Gasteiger partial charge < -0.3 is 39.9 Å². The van der Waals surface area contributed by atoms with E-state index < -0.39 is 75.7 Å². The summed E-state index contributed by atoms with van der Waals surface area (Å²) in [5.74, 6) is -1.17. The zero-order valence-corrected chi connectivity index (χ0v) is 40.9. The molecule has 0 heterocycles. The number of carbonyl (C=O) groups is 2. The van der Waals surface area contributed by atoms with Crippen molar-refractivity contribution < 1.29 is 63.1 Å². The third-order valence-corrected chi connectivity index (χ3v) is 12.3. The van der Waals surface area contributed by atoms with E-state index in [9.17, 15) is 44.6 Å². The monoisotopic (exact) mass is 941 g/mol. The maximum absolute atomic E-state index is 12.8. The predicted octanol–water partition coefficient (Wildman–Crippen LogP) is 10.5. The van der Waals surface area contributed by atoms with Gasteiger partial charge in [-0.05, 0) is 70.6 Å². The Labute approximate surface area is 392 Å². The topological polar surface area (TPSA) is 210 Å². The van der Waals surface area contributed by atoms with Crippen LogP contribution in [-0.4, -0.2) is 98.3 Å². The lowest BCUT2D eigenvalue weighted by Crippen LogP contribution is -2.64. The standard InChI is InChI=1S/C51H89O13P/c1-3-5-7-9-11-13-15-17-19-20-21-22-23-24-26-28-30-32-34-36-38-40-45(53)63-43(42-62-65(59,60)64-51-49(57)47(55)46(54)48(56)50(51)58)41-61-44(52)39-37-35-33-31-29-27-25-18-16-14-12-10-8-6-4-2/h10,12,19-20,22-23,26,28,32,34,43,46-51,54-58H,3-9,11,13-18,21,24-25,27,29-31,33,35-42H2,1-2H3,(H,59,60)/b12-10+,20-19+,23-22+,28-26+,34-32+/t43-,46?,47-,48?,49?,50?,51?/m1/s1. The lowest BCUT2D eigenvalue weighted by Gasteiger charge is -2.41. The van der Waals surface area contributed by atoms with Gasteiger partial charge in [0, 0.05) is 12.8 Å². The number of carbonyl (C=O) groups excluding carboxylic acids is 2. The van der Waals surface area contributed by atoms with Gasteiger partial charge in [0.25, 0.3) is 0 Å². The number of phosphoric ester groups is 1. The molecule has 0 radical (unpaired) electrons. The first kappa shape index (κ1) is 60.6. The Kier molecular flexibility index (Phi) is 37.8. The molecule has 1 aliphatic carbocycles. The van der Waals surface area contributed by atoms with E-state index >= 15 is 0 Å². The fraction of sp³-hybridized carbons (Fsp3) is 0.765. The number of rotatable bonds is 41. The van der Waals surface area contributed by atoms with Gasteiger partial charge in [0.15, 0.2) is 6.10 Å². The van der Waals surface area contributed by atoms with Gasteiger partial charge in [-0.1, -0.05) is 171 Å². The molecule has 0 saturated heterocycles. The molecule has 14 heteroatoms. The molecule has 376 valence electrons. The van der Waals surface area contributed by atoms with Crippen LogP contribution in [0.25, 0.3) is 0 Å². The summed E-state index contributed by atoms with van der Waals surface area (Å²) in [7, 11) is -5.14. The summed E-state index contributed by atoms with van der Waals surface area (Å²) in [6, 6.07) is 0. The van der Waals surface area contributed by atoms with Gasteiger partial charge in [0.1, 0.15) is 43.2 Å². The van der Waals surface area contributed by atoms with Crippen molar-refractivity contribution in [3.8, 4) is 0 Å². The number of ether oxygens (including phenoxy) is 2. The van der Waals surface area contributed by atoms with Crippen LogP contribution < -0.4 is 0 Å². The smallest absolute Gasteiger partial charge is 0.462 e. The van der Waals surface area contributed by atoms with Gasteiger partial charge in [-0.25, -0.2) is 4.57 Å². The number of unbranched alkanes of at least 4 members (excludes halogenated alkanes) is 19. The normalized spacial score (nSPS) is 21.9. The molecule has 0 aromatic rings. The highest BCUT2D eigenvalue weighted by Gasteiger charge is 2.51. The molecule has 1 saturated carbocycles. The van der Waals surface area contributed by atoms with Crippen LogP contribution in [0.4, 0.5) is 0 Å². The van der Waals surface area contributed by atoms with Gasteiger partial charge in [-0.2, -0.15) is 0 Å². The van der Waals surface area contributed by atoms with E-state index in [4.69, 9.17) is 18.5 Å². The number of hydrogen-bond donors (Lipinski definition) is 6. The molecule has 13 nitrogen and oxygen atoms in total. The average molecular weight is 941 g/mol. The van der Waals surface area contributed by atoms with Crippen LogP contribution in [0.2, 0.25) is 0 Å². The fourth-order valence-electron chi connectivity index (χ4n) is 7.26. The molecule has 0 bridgehead atoms. The summed E-state index contributed by atoms with van der Waals surface area (Å²) >= 11 is 0. The Morgan fingerprint density at radius 1 is 0.477 bits per heavy atom. The van der Waals surface area contributed by atoms with Crippen LogP contribution in [0.5, 0.6) is 0 Å². The zero-order chi connectivity index (χ0) is 47.8. The van der Waals surface area contributed by atoms with Crippen molar-refractivity contribution in [3.63, 3.8) is 0 Å². The summed E-state index contributed by atoms with van der Waals surface area (Å²) in [6.45, 7) is 3.23. The van der Waals surface area contributed by atoms with Crippen LogP contribution in [0.1, 0.15) is 194 Å². The van der Waals surface area contributed by atoms with Gasteiger partial charge in [0.05, 0.1) is 6.61 Å². The maximum atomic E-state index is 12.8. The van der Waals surface area contributed by atoms with Gasteiger partial charge in [-0.3, -0.25) is 18.6 Å². The van der Waals surface area contributed by atoms with E-state index in [0.717, 1.165) is 57.8 Å². The first-order valence-electron chi connectivity index (χ1n) is 25.1. The predicted molar refractivity (Wildman–Crippen MR) is 258 cm³/mol. The van der Waals surface area contributed by atoms with Gasteiger partial charge in [-0.15, -0.1) is 0 Å². The molecule has 0 amide bonds. The number of esters is 2. The van der Waals surface area contributed by atoms with Gasteiger partial charge in [0.2, 0.25) is 0 Å². The highest BCUT2D eigenvalue weighted by molar-refractivity contribution is 7.47. The summed E-state index contributed by atoms with van der Waals surface area (Å²) in [5.41, 5.74) is 0. The molecule has 0 aliphatic heterocycles. The van der Waals surface area contributed by atoms with E-state index in [-0.39, 0.29) is 12.8 Å². The molecular formula is C51H89O13P. The van der Waals surface area contributed by atoms with Crippen LogP contribution in [0.3, 0.4) is 0 Å². The quantitative estimate of drug-likeness (QED) is 0.0146. The Balaban J connectivity index is 2.47. The van der Waals surface area contributed by atoms with E-state index in [1.165, 1.54) is 89.9 Å². The van der Waals surface area contributed by atoms with Crippen molar-refractivity contribution in [1.29, 1.82) is 0 Å². The fourth-order valence-corrected chi connectivity index (χ4v) is 8.23. The minimum Gasteiger partial charge on any atom is -0.462 e. The largest absolute Gasteiger partial charge is 0.472 e. The van der Waals surface area contributed by atoms with Crippen LogP contribution in [-0.2, 0) is 32.7 Å². The molecule has 0 spiro atoms. The second-order valence-corrected chi connectivity index (χ2v) is 18.7. The minimum absolute atomic E-state index is 0.0191. The van der Waals surface area contributed by atoms with E-state index in [0.29, 0.717) is 19.3 Å². The Morgan fingerprint density at radius 2 is 0.862 bits per heavy atom. The Morgan fingerprint density at radius 3 is 1.37 bits per heavy atom. The summed E-state index contributed by atoms with van der Waals surface area (Å²) in [5, 5.41) is 50.2. The first-order valence-corrected chi connectivity index (χ1v) is 26.6. The highest BCUT2D eigenvalue weighted by Crippen LogP contribution is 2.47. The second kappa shape index (κ2) is 40.6. The molecule has 65 heavy (non-hydrogen) atoms. The molecule has 8 atom stereocenters. The third kappa shape index (κ3) is 32.8. The Bertz CT molecular complexity index is 1370. The van der Waals surface area contributed by atoms with Crippen LogP contribution >= 0.6 is 7.82 Å². The first-order chi connectivity index (χ1) is 31.4. The molecule has 1 rings (SSSR count). The molecule has 0 aromatic carbocycles. The second-order valence-electron chi connectivity index (χ2n) is 17.3. The number of aliphatic hydroxyl groups is 5. The van der Waals surface area contributed by atoms with Crippen molar-refractivity contribution in [3.05, 3.63) is 60.8 Å². The lowest BCUT2D eigenvalue weighted by atomic mass is 9.85. The van der Waals surface area contributed by atoms with E-state index in [1.54, 1.807) is 0 Å². The summed E-state index contributed by atoms with van der Waals surface area (Å²) in [4.78, 5) is 35.8. The van der Waals surface area contributed by atoms with E-state index in [1.807, 2.05) is 12.2 Å². The minimum atomic E-state index is -5.14. The Hall–Kier alpha value is -2.45. The van der Waals surface area contributed by atoms with E-state index in [2.05, 4.69) is 62.5 Å². The van der Waals surface area contributed by atoms with Crippen molar-refractivity contribution in [1.82, 2.24) is 0 Å². The number of hydrogen-bond acceptors (Lipinski definition) is 12. The van der Waals surface area contributed by atoms with Crippen molar-refractivity contribution in [2.45, 2.75) is 236 Å². The van der Waals surface area contributed by atoms with Crippen LogP contribution in [0.15, 0.2) is 60.8 Å². The number of phosphoric acid groups is 1.